The molecule has 0 unspecified atom stereocenters. The van der Waals surface area contributed by atoms with E-state index >= 15 is 0 Å². The van der Waals surface area contributed by atoms with E-state index in [1.807, 2.05) is 25.1 Å². The molecule has 7 heteroatoms. The number of hydrogen-bond acceptors (Lipinski definition) is 5. The van der Waals surface area contributed by atoms with Crippen LogP contribution in [0.2, 0.25) is 5.02 Å². The second kappa shape index (κ2) is 7.70. The molecule has 0 radical (unpaired) electrons. The smallest absolute Gasteiger partial charge is 0.270 e. The number of hydrogen-bond donors (Lipinski definition) is 0. The Kier molecular flexibility index (Phi) is 5.55. The second-order valence-corrected chi connectivity index (χ2v) is 7.64. The molecular formula is C19H16ClNO3S2. The Labute approximate surface area is 166 Å². The summed E-state index contributed by atoms with van der Waals surface area (Å²) in [7, 11) is 3.17. The molecule has 1 aliphatic rings. The van der Waals surface area contributed by atoms with E-state index in [0.717, 1.165) is 11.1 Å². The number of thiocarbonyl (C=S) groups is 1. The first-order valence-electron chi connectivity index (χ1n) is 7.70. The Morgan fingerprint density at radius 1 is 1.15 bits per heavy atom. The van der Waals surface area contributed by atoms with E-state index in [4.69, 9.17) is 33.3 Å². The number of methoxy groups -OCH3 is 2. The van der Waals surface area contributed by atoms with Crippen LogP contribution in [0.3, 0.4) is 0 Å². The van der Waals surface area contributed by atoms with Gasteiger partial charge in [-0.3, -0.25) is 9.69 Å². The first-order valence-corrected chi connectivity index (χ1v) is 9.31. The minimum absolute atomic E-state index is 0.190. The summed E-state index contributed by atoms with van der Waals surface area (Å²) in [6.07, 6.45) is 1.76. The van der Waals surface area contributed by atoms with Gasteiger partial charge < -0.3 is 9.47 Å². The van der Waals surface area contributed by atoms with Crippen LogP contribution in [-0.4, -0.2) is 24.4 Å². The van der Waals surface area contributed by atoms with Gasteiger partial charge in [-0.2, -0.15) is 0 Å². The fourth-order valence-corrected chi connectivity index (χ4v) is 3.97. The van der Waals surface area contributed by atoms with Gasteiger partial charge in [-0.05, 0) is 48.9 Å². The first-order chi connectivity index (χ1) is 12.4. The van der Waals surface area contributed by atoms with Gasteiger partial charge in [0.2, 0.25) is 0 Å². The van der Waals surface area contributed by atoms with Crippen LogP contribution >= 0.6 is 35.6 Å². The van der Waals surface area contributed by atoms with Gasteiger partial charge in [0.05, 0.1) is 24.8 Å². The summed E-state index contributed by atoms with van der Waals surface area (Å²) in [6.45, 7) is 1.91. The summed E-state index contributed by atoms with van der Waals surface area (Å²) in [5.41, 5.74) is 2.34. The number of amides is 1. The van der Waals surface area contributed by atoms with E-state index in [2.05, 4.69) is 0 Å². The van der Waals surface area contributed by atoms with E-state index in [-0.39, 0.29) is 5.91 Å². The van der Waals surface area contributed by atoms with Gasteiger partial charge in [-0.15, -0.1) is 0 Å². The third-order valence-electron chi connectivity index (χ3n) is 3.93. The van der Waals surface area contributed by atoms with Gasteiger partial charge >= 0.3 is 0 Å². The number of nitrogens with zero attached hydrogens (tertiary/aromatic N) is 1. The molecule has 0 saturated carbocycles. The summed E-state index contributed by atoms with van der Waals surface area (Å²) in [4.78, 5) is 14.9. The molecule has 0 bridgehead atoms. The van der Waals surface area contributed by atoms with Crippen molar-refractivity contribution in [2.45, 2.75) is 6.92 Å². The number of carbonyl (C=O) groups excluding carboxylic acids is 1. The zero-order valence-corrected chi connectivity index (χ0v) is 16.8. The van der Waals surface area contributed by atoms with E-state index < -0.39 is 0 Å². The topological polar surface area (TPSA) is 38.8 Å². The summed E-state index contributed by atoms with van der Waals surface area (Å²) in [6, 6.07) is 10.9. The van der Waals surface area contributed by atoms with E-state index in [1.165, 1.54) is 16.7 Å². The number of halogens is 1. The Morgan fingerprint density at radius 2 is 1.92 bits per heavy atom. The molecule has 0 N–H and O–H groups in total. The SMILES string of the molecule is COc1ccc(OC)c(/C=C2\SC(=S)N(c3ccc(C)c(Cl)c3)C2=O)c1. The van der Waals surface area contributed by atoms with Gasteiger partial charge in [0, 0.05) is 10.6 Å². The number of thioether (sulfide) groups is 1. The molecule has 3 rings (SSSR count). The highest BCUT2D eigenvalue weighted by molar-refractivity contribution is 8.27. The Balaban J connectivity index is 1.98. The van der Waals surface area contributed by atoms with Crippen molar-refractivity contribution in [2.24, 2.45) is 0 Å². The molecule has 134 valence electrons. The van der Waals surface area contributed by atoms with Crippen molar-refractivity contribution < 1.29 is 14.3 Å². The number of aryl methyl sites for hydroxylation is 1. The van der Waals surface area contributed by atoms with Gasteiger partial charge in [-0.1, -0.05) is 41.6 Å². The maximum atomic E-state index is 12.9. The van der Waals surface area contributed by atoms with Crippen LogP contribution < -0.4 is 14.4 Å². The molecular weight excluding hydrogens is 390 g/mol. The lowest BCUT2D eigenvalue weighted by molar-refractivity contribution is -0.113. The predicted octanol–water partition coefficient (Wildman–Crippen LogP) is 5.07. The molecule has 0 atom stereocenters. The van der Waals surface area contributed by atoms with Crippen molar-refractivity contribution in [3.63, 3.8) is 0 Å². The van der Waals surface area contributed by atoms with Gasteiger partial charge in [0.1, 0.15) is 11.5 Å². The number of rotatable bonds is 4. The molecule has 1 aliphatic heterocycles. The van der Waals surface area contributed by atoms with Crippen molar-refractivity contribution >= 4 is 57.6 Å². The maximum absolute atomic E-state index is 12.9. The summed E-state index contributed by atoms with van der Waals surface area (Å²) < 4.78 is 11.1. The second-order valence-electron chi connectivity index (χ2n) is 5.56. The highest BCUT2D eigenvalue weighted by atomic mass is 35.5. The minimum atomic E-state index is -0.190. The van der Waals surface area contributed by atoms with Crippen molar-refractivity contribution in [2.75, 3.05) is 19.1 Å². The molecule has 1 heterocycles. The maximum Gasteiger partial charge on any atom is 0.270 e. The highest BCUT2D eigenvalue weighted by Gasteiger charge is 2.33. The number of carbonyl (C=O) groups is 1. The zero-order valence-electron chi connectivity index (χ0n) is 14.4. The average Bonchev–Trinajstić information content (AvgIpc) is 2.91. The molecule has 26 heavy (non-hydrogen) atoms. The van der Waals surface area contributed by atoms with E-state index in [9.17, 15) is 4.79 Å². The summed E-state index contributed by atoms with van der Waals surface area (Å²) >= 11 is 12.8. The highest BCUT2D eigenvalue weighted by Crippen LogP contribution is 2.38. The van der Waals surface area contributed by atoms with E-state index in [1.54, 1.807) is 38.5 Å². The lowest BCUT2D eigenvalue weighted by Crippen LogP contribution is -2.27. The Bertz CT molecular complexity index is 927. The zero-order chi connectivity index (χ0) is 18.8. The standard InChI is InChI=1S/C19H16ClNO3S2/c1-11-4-5-13(10-15(11)20)21-18(22)17(26-19(21)25)9-12-8-14(23-2)6-7-16(12)24-3/h4-10H,1-3H3/b17-9-. The number of ether oxygens (including phenoxy) is 2. The van der Waals surface area contributed by atoms with Crippen LogP contribution in [0, 0.1) is 6.92 Å². The van der Waals surface area contributed by atoms with Crippen LogP contribution in [-0.2, 0) is 4.79 Å². The fourth-order valence-electron chi connectivity index (χ4n) is 2.50. The Hall–Kier alpha value is -2.02. The van der Waals surface area contributed by atoms with Crippen molar-refractivity contribution in [3.8, 4) is 11.5 Å². The fraction of sp³-hybridized carbons (Fsp3) is 0.158. The number of anilines is 1. The molecule has 1 saturated heterocycles. The van der Waals surface area contributed by atoms with Gasteiger partial charge in [-0.25, -0.2) is 0 Å². The molecule has 2 aromatic rings. The molecule has 2 aromatic carbocycles. The van der Waals surface area contributed by atoms with Crippen LogP contribution in [0.15, 0.2) is 41.3 Å². The molecule has 4 nitrogen and oxygen atoms in total. The van der Waals surface area contributed by atoms with Gasteiger partial charge in [0.25, 0.3) is 5.91 Å². The van der Waals surface area contributed by atoms with Crippen LogP contribution in [0.25, 0.3) is 6.08 Å². The number of benzene rings is 2. The molecule has 0 spiro atoms. The van der Waals surface area contributed by atoms with Crippen molar-refractivity contribution in [1.82, 2.24) is 0 Å². The lowest BCUT2D eigenvalue weighted by Gasteiger charge is -2.15. The van der Waals surface area contributed by atoms with Gasteiger partial charge in [0.15, 0.2) is 4.32 Å². The van der Waals surface area contributed by atoms with Crippen LogP contribution in [0.5, 0.6) is 11.5 Å². The van der Waals surface area contributed by atoms with Crippen molar-refractivity contribution in [1.29, 1.82) is 0 Å². The summed E-state index contributed by atoms with van der Waals surface area (Å²) in [5.74, 6) is 1.14. The third-order valence-corrected chi connectivity index (χ3v) is 5.64. The normalized spacial score (nSPS) is 15.7. The van der Waals surface area contributed by atoms with E-state index in [0.29, 0.717) is 31.4 Å². The Morgan fingerprint density at radius 3 is 2.58 bits per heavy atom. The summed E-state index contributed by atoms with van der Waals surface area (Å²) in [5, 5.41) is 0.593. The minimum Gasteiger partial charge on any atom is -0.497 e. The lowest BCUT2D eigenvalue weighted by atomic mass is 10.1. The first kappa shape index (κ1) is 18.8. The largest absolute Gasteiger partial charge is 0.497 e. The van der Waals surface area contributed by atoms with Crippen molar-refractivity contribution in [3.05, 3.63) is 57.5 Å². The molecule has 0 aromatic heterocycles. The van der Waals surface area contributed by atoms with Crippen LogP contribution in [0.4, 0.5) is 5.69 Å². The third kappa shape index (κ3) is 3.58. The predicted molar refractivity (Wildman–Crippen MR) is 111 cm³/mol. The monoisotopic (exact) mass is 405 g/mol. The quantitative estimate of drug-likeness (QED) is 0.524. The average molecular weight is 406 g/mol. The molecule has 0 aliphatic carbocycles. The molecule has 1 fully saturated rings. The van der Waals surface area contributed by atoms with Crippen LogP contribution in [0.1, 0.15) is 11.1 Å². The molecule has 1 amide bonds.